The van der Waals surface area contributed by atoms with Crippen molar-refractivity contribution in [2.24, 2.45) is 11.8 Å². The van der Waals surface area contributed by atoms with E-state index < -0.39 is 12.1 Å². The van der Waals surface area contributed by atoms with Crippen molar-refractivity contribution in [1.29, 1.82) is 0 Å². The number of allylic oxidation sites excluding steroid dienone is 2. The van der Waals surface area contributed by atoms with Crippen LogP contribution in [-0.4, -0.2) is 33.9 Å². The molecule has 0 aromatic heterocycles. The number of hydrogen-bond acceptors (Lipinski definition) is 4. The van der Waals surface area contributed by atoms with Gasteiger partial charge in [-0.15, -0.1) is 0 Å². The molecule has 0 amide bonds. The first-order valence-electron chi connectivity index (χ1n) is 10.6. The summed E-state index contributed by atoms with van der Waals surface area (Å²) in [6, 6.07) is 0. The van der Waals surface area contributed by atoms with Crippen molar-refractivity contribution in [2.75, 3.05) is 0 Å². The Balaban J connectivity index is 2.33. The van der Waals surface area contributed by atoms with Gasteiger partial charge in [-0.05, 0) is 38.0 Å². The van der Waals surface area contributed by atoms with Crippen molar-refractivity contribution >= 4 is 17.5 Å². The molecule has 3 atom stereocenters. The van der Waals surface area contributed by atoms with Crippen LogP contribution in [0.1, 0.15) is 90.4 Å². The van der Waals surface area contributed by atoms with Crippen LogP contribution < -0.4 is 0 Å². The molecule has 1 rings (SSSR count). The normalized spacial score (nSPS) is 22.6. The zero-order valence-electron chi connectivity index (χ0n) is 16.8. The molecule has 0 radical (unpaired) electrons. The third-order valence-corrected chi connectivity index (χ3v) is 5.48. The van der Waals surface area contributed by atoms with Gasteiger partial charge in [-0.1, -0.05) is 44.8 Å². The molecular weight excluding hydrogens is 344 g/mol. The van der Waals surface area contributed by atoms with Crippen molar-refractivity contribution in [1.82, 2.24) is 0 Å². The fourth-order valence-corrected chi connectivity index (χ4v) is 3.84. The molecule has 0 saturated heterocycles. The summed E-state index contributed by atoms with van der Waals surface area (Å²) in [4.78, 5) is 34.9. The zero-order chi connectivity index (χ0) is 20.1. The van der Waals surface area contributed by atoms with E-state index in [1.807, 2.05) is 12.2 Å². The van der Waals surface area contributed by atoms with Crippen LogP contribution in [0, 0.1) is 11.8 Å². The second kappa shape index (κ2) is 13.6. The fraction of sp³-hybridized carbons (Fsp3) is 0.773. The highest BCUT2D eigenvalue weighted by Gasteiger charge is 2.40. The van der Waals surface area contributed by atoms with Gasteiger partial charge in [0.05, 0.1) is 6.10 Å². The maximum absolute atomic E-state index is 12.2. The molecule has 1 saturated carbocycles. The van der Waals surface area contributed by atoms with Crippen LogP contribution in [0.15, 0.2) is 12.2 Å². The van der Waals surface area contributed by atoms with E-state index in [0.717, 1.165) is 19.3 Å². The number of Topliss-reactive ketones (excluding diaryl/α,β-unsaturated/α-hetero) is 2. The topological polar surface area (TPSA) is 94.3 Å². The minimum absolute atomic E-state index is 0.0884. The first kappa shape index (κ1) is 23.5. The van der Waals surface area contributed by atoms with E-state index in [4.69, 9.17) is 5.11 Å². The number of aliphatic hydroxyl groups is 1. The highest BCUT2D eigenvalue weighted by Crippen LogP contribution is 2.35. The summed E-state index contributed by atoms with van der Waals surface area (Å²) >= 11 is 0. The molecule has 1 aliphatic rings. The Kier molecular flexibility index (Phi) is 11.9. The van der Waals surface area contributed by atoms with Crippen LogP contribution in [-0.2, 0) is 14.4 Å². The second-order valence-electron chi connectivity index (χ2n) is 7.77. The van der Waals surface area contributed by atoms with Gasteiger partial charge in [0.25, 0.3) is 0 Å². The van der Waals surface area contributed by atoms with E-state index in [0.29, 0.717) is 32.1 Å². The van der Waals surface area contributed by atoms with E-state index >= 15 is 0 Å². The van der Waals surface area contributed by atoms with Gasteiger partial charge in [-0.25, -0.2) is 0 Å². The summed E-state index contributed by atoms with van der Waals surface area (Å²) in [7, 11) is 0. The molecule has 3 N–H and O–H groups in total. The highest BCUT2D eigenvalue weighted by atomic mass is 16.4. The molecule has 0 bridgehead atoms. The lowest BCUT2D eigenvalue weighted by molar-refractivity contribution is -0.137. The molecule has 5 heteroatoms. The smallest absolute Gasteiger partial charge is 0.515 e. The van der Waals surface area contributed by atoms with Crippen molar-refractivity contribution < 1.29 is 24.6 Å². The van der Waals surface area contributed by atoms with Crippen molar-refractivity contribution in [3.63, 3.8) is 0 Å². The largest absolute Gasteiger partial charge is 0.565 e. The van der Waals surface area contributed by atoms with E-state index in [9.17, 15) is 19.5 Å². The number of ketones is 2. The lowest BCUT2D eigenvalue weighted by atomic mass is 9.86. The molecule has 1 aliphatic carbocycles. The first-order valence-corrected chi connectivity index (χ1v) is 10.6. The number of carbonyl (C=O) groups excluding carboxylic acids is 3. The Hall–Kier alpha value is -1.49. The number of unbranched alkanes of at least 4 members (excludes halogenated alkanes) is 5. The summed E-state index contributed by atoms with van der Waals surface area (Å²) in [6.45, 7) is 2.17. The molecule has 0 aromatic carbocycles. The Morgan fingerprint density at radius 3 is 2.52 bits per heavy atom. The fourth-order valence-electron chi connectivity index (χ4n) is 3.84. The summed E-state index contributed by atoms with van der Waals surface area (Å²) in [5.41, 5.74) is 0. The number of carbonyl (C=O) groups is 3. The van der Waals surface area contributed by atoms with Gasteiger partial charge in [-0.3, -0.25) is 9.59 Å². The first-order chi connectivity index (χ1) is 13.0. The van der Waals surface area contributed by atoms with Gasteiger partial charge >= 0.3 is 5.97 Å². The van der Waals surface area contributed by atoms with Crippen LogP contribution in [0.5, 0.6) is 0 Å². The zero-order valence-corrected chi connectivity index (χ0v) is 16.8. The number of aliphatic hydroxyl groups excluding tert-OH is 1. The Morgan fingerprint density at radius 1 is 1.07 bits per heavy atom. The average molecular weight is 382 g/mol. The van der Waals surface area contributed by atoms with Gasteiger partial charge < -0.3 is 10.2 Å². The van der Waals surface area contributed by atoms with Crippen LogP contribution in [0.4, 0.5) is 0 Å². The van der Waals surface area contributed by atoms with Gasteiger partial charge in [0, 0.05) is 30.0 Å². The highest BCUT2D eigenvalue weighted by molar-refractivity contribution is 5.84. The molecule has 1 fully saturated rings. The second-order valence-corrected chi connectivity index (χ2v) is 7.77. The number of rotatable bonds is 15. The standard InChI is InChI=1S/C22H36O5/c1-2-3-4-5-8-11-17(23)14-15-19-18(20(24)16-21(19)25)12-9-6-7-10-13-22(26)27/h6,9,18-19,21,25H,2-5,7-8,10-16H2,1H3,(H,26,27)/p+1/b9-6+. The molecule has 27 heavy (non-hydrogen) atoms. The Bertz CT molecular complexity index is 497. The molecule has 154 valence electrons. The summed E-state index contributed by atoms with van der Waals surface area (Å²) < 4.78 is 0. The Morgan fingerprint density at radius 2 is 1.81 bits per heavy atom. The summed E-state index contributed by atoms with van der Waals surface area (Å²) in [5.74, 6) is -0.544. The third-order valence-electron chi connectivity index (χ3n) is 5.48. The molecule has 5 nitrogen and oxygen atoms in total. The number of hydrogen-bond donors (Lipinski definition) is 1. The van der Waals surface area contributed by atoms with Crippen LogP contribution in [0.3, 0.4) is 0 Å². The predicted octanol–water partition coefficient (Wildman–Crippen LogP) is 3.63. The minimum Gasteiger partial charge on any atom is -0.565 e. The molecule has 0 aliphatic heterocycles. The van der Waals surface area contributed by atoms with Crippen molar-refractivity contribution in [2.45, 2.75) is 96.5 Å². The van der Waals surface area contributed by atoms with Gasteiger partial charge in [0.2, 0.25) is 0 Å². The van der Waals surface area contributed by atoms with E-state index in [1.165, 1.54) is 19.3 Å². The van der Waals surface area contributed by atoms with Crippen molar-refractivity contribution in [3.8, 4) is 0 Å². The van der Waals surface area contributed by atoms with Gasteiger partial charge in [0.1, 0.15) is 18.0 Å². The maximum atomic E-state index is 12.2. The van der Waals surface area contributed by atoms with Gasteiger partial charge in [-0.2, -0.15) is 0 Å². The summed E-state index contributed by atoms with van der Waals surface area (Å²) in [6.07, 6.45) is 13.0. The predicted molar refractivity (Wildman–Crippen MR) is 106 cm³/mol. The van der Waals surface area contributed by atoms with E-state index in [1.54, 1.807) is 0 Å². The minimum atomic E-state index is -0.630. The molecule has 0 heterocycles. The van der Waals surface area contributed by atoms with Crippen LogP contribution in [0.25, 0.3) is 0 Å². The Labute approximate surface area is 163 Å². The average Bonchev–Trinajstić information content (AvgIpc) is 2.88. The lowest BCUT2D eigenvalue weighted by Crippen LogP contribution is -2.21. The van der Waals surface area contributed by atoms with Crippen LogP contribution >= 0.6 is 0 Å². The van der Waals surface area contributed by atoms with E-state index in [2.05, 4.69) is 6.92 Å². The molecule has 3 unspecified atom stereocenters. The molecular formula is C22H37O5+. The SMILES string of the molecule is CCCCCCCC(=O)CCC1C(O)CC(=O)C1C/C=C/CCCC(=O)[OH2+]. The van der Waals surface area contributed by atoms with E-state index in [-0.39, 0.29) is 36.2 Å². The lowest BCUT2D eigenvalue weighted by Gasteiger charge is -2.19. The van der Waals surface area contributed by atoms with Crippen molar-refractivity contribution in [3.05, 3.63) is 12.2 Å². The van der Waals surface area contributed by atoms with Crippen LogP contribution in [0.2, 0.25) is 0 Å². The molecule has 0 spiro atoms. The molecule has 0 aromatic rings. The van der Waals surface area contributed by atoms with Gasteiger partial charge in [0.15, 0.2) is 0 Å². The maximum Gasteiger partial charge on any atom is 0.515 e. The quantitative estimate of drug-likeness (QED) is 0.266. The monoisotopic (exact) mass is 381 g/mol. The third kappa shape index (κ3) is 9.85. The summed E-state index contributed by atoms with van der Waals surface area (Å²) in [5, 5.41) is 17.1.